The summed E-state index contributed by atoms with van der Waals surface area (Å²) in [5, 5.41) is 0. The Morgan fingerprint density at radius 2 is 1.95 bits per heavy atom. The van der Waals surface area contributed by atoms with Crippen LogP contribution >= 0.6 is 0 Å². The Morgan fingerprint density at radius 1 is 1.21 bits per heavy atom. The average Bonchev–Trinajstić information content (AvgIpc) is 2.26. The molecule has 1 aromatic carbocycles. The van der Waals surface area contributed by atoms with E-state index >= 15 is 0 Å². The molecule has 0 saturated heterocycles. The maximum Gasteiger partial charge on any atom is 0.182 e. The van der Waals surface area contributed by atoms with Gasteiger partial charge in [-0.1, -0.05) is 6.07 Å². The molecule has 0 aliphatic carbocycles. The Balaban J connectivity index is 2.37. The quantitative estimate of drug-likeness (QED) is 0.874. The van der Waals surface area contributed by atoms with Crippen LogP contribution in [0.5, 0.6) is 0 Å². The van der Waals surface area contributed by atoms with E-state index in [2.05, 4.69) is 4.98 Å². The molecule has 0 aliphatic rings. The lowest BCUT2D eigenvalue weighted by Crippen LogP contribution is -2.06. The number of nitrogen functional groups attached to an aromatic ring is 1. The first-order chi connectivity index (χ1) is 8.87. The molecule has 0 atom stereocenters. The second kappa shape index (κ2) is 4.97. The van der Waals surface area contributed by atoms with Crippen molar-refractivity contribution in [3.63, 3.8) is 0 Å². The molecule has 0 spiro atoms. The molecule has 1 aromatic heterocycles. The van der Waals surface area contributed by atoms with Crippen molar-refractivity contribution < 1.29 is 12.8 Å². The van der Waals surface area contributed by atoms with Crippen LogP contribution in [0.25, 0.3) is 0 Å². The van der Waals surface area contributed by atoms with E-state index in [0.29, 0.717) is 5.56 Å². The Bertz CT molecular complexity index is 694. The van der Waals surface area contributed by atoms with Crippen molar-refractivity contribution in [1.82, 2.24) is 4.98 Å². The van der Waals surface area contributed by atoms with Gasteiger partial charge in [-0.3, -0.25) is 4.98 Å². The number of rotatable bonds is 3. The van der Waals surface area contributed by atoms with Crippen molar-refractivity contribution in [2.75, 3.05) is 5.73 Å². The minimum absolute atomic E-state index is 0.0842. The van der Waals surface area contributed by atoms with Crippen LogP contribution in [0.2, 0.25) is 0 Å². The van der Waals surface area contributed by atoms with Crippen molar-refractivity contribution in [2.45, 2.75) is 17.6 Å². The Hall–Kier alpha value is -1.95. The summed E-state index contributed by atoms with van der Waals surface area (Å²) >= 11 is 0. The molecule has 0 amide bonds. The third kappa shape index (κ3) is 3.29. The SMILES string of the molecule is Cc1cncc(CS(=O)(=O)c2cc(N)cc(F)c2)c1. The lowest BCUT2D eigenvalue weighted by atomic mass is 10.2. The highest BCUT2D eigenvalue weighted by Crippen LogP contribution is 2.20. The van der Waals surface area contributed by atoms with Crippen molar-refractivity contribution in [3.05, 3.63) is 53.6 Å². The maximum atomic E-state index is 13.2. The van der Waals surface area contributed by atoms with Gasteiger partial charge in [0.1, 0.15) is 5.82 Å². The van der Waals surface area contributed by atoms with Gasteiger partial charge < -0.3 is 5.73 Å². The fraction of sp³-hybridized carbons (Fsp3) is 0.154. The minimum Gasteiger partial charge on any atom is -0.399 e. The molecule has 0 fully saturated rings. The number of halogens is 1. The molecular weight excluding hydrogens is 267 g/mol. The molecule has 0 radical (unpaired) electrons. The lowest BCUT2D eigenvalue weighted by molar-refractivity contribution is 0.590. The number of hydrogen-bond acceptors (Lipinski definition) is 4. The summed E-state index contributed by atoms with van der Waals surface area (Å²) in [5.41, 5.74) is 6.97. The third-order valence-corrected chi connectivity index (χ3v) is 4.21. The topological polar surface area (TPSA) is 73.0 Å². The average molecular weight is 280 g/mol. The van der Waals surface area contributed by atoms with E-state index in [1.165, 1.54) is 12.3 Å². The second-order valence-electron chi connectivity index (χ2n) is 4.35. The summed E-state index contributed by atoms with van der Waals surface area (Å²) in [7, 11) is -3.64. The smallest absolute Gasteiger partial charge is 0.182 e. The van der Waals surface area contributed by atoms with Crippen LogP contribution in [0.15, 0.2) is 41.6 Å². The molecule has 6 heteroatoms. The summed E-state index contributed by atoms with van der Waals surface area (Å²) in [6.45, 7) is 1.82. The van der Waals surface area contributed by atoms with Crippen molar-refractivity contribution in [3.8, 4) is 0 Å². The monoisotopic (exact) mass is 280 g/mol. The van der Waals surface area contributed by atoms with Gasteiger partial charge in [0.15, 0.2) is 9.84 Å². The highest BCUT2D eigenvalue weighted by molar-refractivity contribution is 7.90. The Kier molecular flexibility index (Phi) is 3.53. The molecule has 2 rings (SSSR count). The molecule has 2 aromatic rings. The summed E-state index contributed by atoms with van der Waals surface area (Å²) in [5.74, 6) is -0.897. The molecule has 19 heavy (non-hydrogen) atoms. The van der Waals surface area contributed by atoms with Crippen LogP contribution in [0, 0.1) is 12.7 Å². The first kappa shape index (κ1) is 13.5. The van der Waals surface area contributed by atoms with Gasteiger partial charge >= 0.3 is 0 Å². The highest BCUT2D eigenvalue weighted by atomic mass is 32.2. The van der Waals surface area contributed by atoms with E-state index in [1.807, 2.05) is 6.92 Å². The zero-order valence-corrected chi connectivity index (χ0v) is 11.1. The highest BCUT2D eigenvalue weighted by Gasteiger charge is 2.17. The van der Waals surface area contributed by atoms with Crippen molar-refractivity contribution in [2.24, 2.45) is 0 Å². The predicted molar refractivity (Wildman–Crippen MR) is 70.7 cm³/mol. The molecule has 1 heterocycles. The van der Waals surface area contributed by atoms with E-state index < -0.39 is 15.7 Å². The van der Waals surface area contributed by atoms with Crippen LogP contribution in [0.1, 0.15) is 11.1 Å². The molecule has 0 aliphatic heterocycles. The molecule has 0 unspecified atom stereocenters. The molecule has 0 bridgehead atoms. The summed E-state index contributed by atoms with van der Waals surface area (Å²) in [6, 6.07) is 5.02. The van der Waals surface area contributed by atoms with E-state index in [9.17, 15) is 12.8 Å². The molecular formula is C13H13FN2O2S. The van der Waals surface area contributed by atoms with E-state index in [1.54, 1.807) is 12.3 Å². The number of benzene rings is 1. The van der Waals surface area contributed by atoms with Gasteiger partial charge in [-0.05, 0) is 36.2 Å². The molecule has 100 valence electrons. The number of aromatic nitrogens is 1. The first-order valence-electron chi connectivity index (χ1n) is 5.56. The number of nitrogens with two attached hydrogens (primary N) is 1. The molecule has 2 N–H and O–H groups in total. The van der Waals surface area contributed by atoms with Crippen LogP contribution in [-0.4, -0.2) is 13.4 Å². The number of nitrogens with zero attached hydrogens (tertiary/aromatic N) is 1. The third-order valence-electron chi connectivity index (χ3n) is 2.54. The van der Waals surface area contributed by atoms with Crippen LogP contribution in [0.3, 0.4) is 0 Å². The lowest BCUT2D eigenvalue weighted by Gasteiger charge is -2.06. The minimum atomic E-state index is -3.64. The van der Waals surface area contributed by atoms with Crippen molar-refractivity contribution in [1.29, 1.82) is 0 Å². The summed E-state index contributed by atoms with van der Waals surface area (Å²) in [4.78, 5) is 3.81. The summed E-state index contributed by atoms with van der Waals surface area (Å²) in [6.07, 6.45) is 3.11. The van der Waals surface area contributed by atoms with Crippen LogP contribution < -0.4 is 5.73 Å². The van der Waals surface area contributed by atoms with Gasteiger partial charge in [0.2, 0.25) is 0 Å². The van der Waals surface area contributed by atoms with E-state index in [0.717, 1.165) is 17.7 Å². The van der Waals surface area contributed by atoms with Crippen LogP contribution in [-0.2, 0) is 15.6 Å². The van der Waals surface area contributed by atoms with Gasteiger partial charge in [0.25, 0.3) is 0 Å². The normalized spacial score (nSPS) is 11.5. The first-order valence-corrected chi connectivity index (χ1v) is 7.21. The number of hydrogen-bond donors (Lipinski definition) is 1. The zero-order chi connectivity index (χ0) is 14.0. The Morgan fingerprint density at radius 3 is 2.58 bits per heavy atom. The van der Waals surface area contributed by atoms with Gasteiger partial charge in [0, 0.05) is 18.1 Å². The zero-order valence-electron chi connectivity index (χ0n) is 10.3. The summed E-state index contributed by atoms with van der Waals surface area (Å²) < 4.78 is 37.5. The standard InChI is InChI=1S/C13H13FN2O2S/c1-9-2-10(7-16-6-9)8-19(17,18)13-4-11(14)3-12(15)5-13/h2-7H,8,15H2,1H3. The predicted octanol–water partition coefficient (Wildman–Crippen LogP) is 2.09. The molecule has 4 nitrogen and oxygen atoms in total. The largest absolute Gasteiger partial charge is 0.399 e. The van der Waals surface area contributed by atoms with Gasteiger partial charge in [-0.15, -0.1) is 0 Å². The van der Waals surface area contributed by atoms with Gasteiger partial charge in [-0.25, -0.2) is 12.8 Å². The van der Waals surface area contributed by atoms with Crippen molar-refractivity contribution >= 4 is 15.5 Å². The number of pyridine rings is 1. The van der Waals surface area contributed by atoms with E-state index in [-0.39, 0.29) is 16.3 Å². The fourth-order valence-corrected chi connectivity index (χ4v) is 3.13. The Labute approximate surface area is 111 Å². The van der Waals surface area contributed by atoms with Gasteiger partial charge in [-0.2, -0.15) is 0 Å². The number of anilines is 1. The fourth-order valence-electron chi connectivity index (χ4n) is 1.76. The maximum absolute atomic E-state index is 13.2. The van der Waals surface area contributed by atoms with E-state index in [4.69, 9.17) is 5.73 Å². The molecule has 0 saturated carbocycles. The number of sulfone groups is 1. The van der Waals surface area contributed by atoms with Gasteiger partial charge in [0.05, 0.1) is 10.6 Å². The second-order valence-corrected chi connectivity index (χ2v) is 6.34. The van der Waals surface area contributed by atoms with Crippen LogP contribution in [0.4, 0.5) is 10.1 Å². The number of aryl methyl sites for hydroxylation is 1.